The molecule has 0 radical (unpaired) electrons. The van der Waals surface area contributed by atoms with E-state index >= 15 is 0 Å². The maximum Gasteiger partial charge on any atom is 0.354 e. The lowest BCUT2D eigenvalue weighted by atomic mass is 10.1. The number of hydrogen-bond acceptors (Lipinski definition) is 5. The van der Waals surface area contributed by atoms with Crippen LogP contribution in [0.1, 0.15) is 5.56 Å². The van der Waals surface area contributed by atoms with E-state index in [1.54, 1.807) is 48.5 Å². The second kappa shape index (κ2) is 9.05. The van der Waals surface area contributed by atoms with Crippen molar-refractivity contribution in [3.05, 3.63) is 108 Å². The summed E-state index contributed by atoms with van der Waals surface area (Å²) in [7, 11) is 0. The van der Waals surface area contributed by atoms with Crippen LogP contribution >= 0.6 is 43.6 Å². The molecule has 2 aromatic heterocycles. The van der Waals surface area contributed by atoms with Crippen molar-refractivity contribution in [1.82, 2.24) is 4.57 Å². The van der Waals surface area contributed by atoms with Crippen LogP contribution in [0.4, 0.5) is 4.39 Å². The molecule has 0 unspecified atom stereocenters. The van der Waals surface area contributed by atoms with Gasteiger partial charge < -0.3 is 14.1 Å². The van der Waals surface area contributed by atoms with E-state index in [2.05, 4.69) is 31.9 Å². The number of fused-ring (bicyclic) bond motifs is 3. The van der Waals surface area contributed by atoms with Gasteiger partial charge in [-0.05, 0) is 64.0 Å². The molecule has 0 aliphatic rings. The molecular formula is C25H14Br2FNO4S. The van der Waals surface area contributed by atoms with Crippen LogP contribution in [0.25, 0.3) is 21.9 Å². The first-order chi connectivity index (χ1) is 16.3. The van der Waals surface area contributed by atoms with Gasteiger partial charge in [-0.25, -0.2) is 9.18 Å². The molecule has 5 nitrogen and oxygen atoms in total. The lowest BCUT2D eigenvalue weighted by Crippen LogP contribution is -2.23. The van der Waals surface area contributed by atoms with Crippen LogP contribution in [0, 0.1) is 5.82 Å². The number of halogens is 3. The van der Waals surface area contributed by atoms with Crippen LogP contribution in [-0.2, 0) is 6.54 Å². The lowest BCUT2D eigenvalue weighted by Gasteiger charge is -2.15. The van der Waals surface area contributed by atoms with E-state index in [0.29, 0.717) is 25.8 Å². The van der Waals surface area contributed by atoms with Crippen molar-refractivity contribution in [2.75, 3.05) is 0 Å². The maximum absolute atomic E-state index is 13.8. The first-order valence-corrected chi connectivity index (χ1v) is 12.4. The Morgan fingerprint density at radius 2 is 1.79 bits per heavy atom. The summed E-state index contributed by atoms with van der Waals surface area (Å²) in [5.41, 5.74) is -0.251. The van der Waals surface area contributed by atoms with Gasteiger partial charge in [0.05, 0.1) is 12.1 Å². The summed E-state index contributed by atoms with van der Waals surface area (Å²) >= 11 is 7.84. The predicted molar refractivity (Wildman–Crippen MR) is 137 cm³/mol. The average molecular weight is 603 g/mol. The summed E-state index contributed by atoms with van der Waals surface area (Å²) in [5, 5.41) is 11.5. The van der Waals surface area contributed by atoms with E-state index in [1.165, 1.54) is 16.7 Å². The molecule has 0 aliphatic heterocycles. The van der Waals surface area contributed by atoms with E-state index in [0.717, 1.165) is 16.2 Å². The fraction of sp³-hybridized carbons (Fsp3) is 0.0400. The van der Waals surface area contributed by atoms with E-state index in [-0.39, 0.29) is 22.4 Å². The Morgan fingerprint density at radius 1 is 1.00 bits per heavy atom. The summed E-state index contributed by atoms with van der Waals surface area (Å²) in [6.07, 6.45) is 0. The molecule has 2 heterocycles. The van der Waals surface area contributed by atoms with E-state index < -0.39 is 22.8 Å². The van der Waals surface area contributed by atoms with Gasteiger partial charge in [0.1, 0.15) is 16.1 Å². The number of hydrogen-bond donors (Lipinski definition) is 1. The molecule has 0 spiro atoms. The molecule has 5 rings (SSSR count). The summed E-state index contributed by atoms with van der Waals surface area (Å²) in [4.78, 5) is 27.1. The highest BCUT2D eigenvalue weighted by Crippen LogP contribution is 2.39. The highest BCUT2D eigenvalue weighted by Gasteiger charge is 2.23. The Balaban J connectivity index is 1.82. The van der Waals surface area contributed by atoms with E-state index in [4.69, 9.17) is 4.42 Å². The summed E-state index contributed by atoms with van der Waals surface area (Å²) in [6, 6.07) is 18.3. The third-order valence-electron chi connectivity index (χ3n) is 5.29. The Morgan fingerprint density at radius 3 is 2.56 bits per heavy atom. The fourth-order valence-corrected chi connectivity index (χ4v) is 5.51. The van der Waals surface area contributed by atoms with Gasteiger partial charge >= 0.3 is 5.63 Å². The average Bonchev–Trinajstić information content (AvgIpc) is 2.80. The molecule has 0 amide bonds. The zero-order valence-electron chi connectivity index (χ0n) is 17.2. The normalized spacial score (nSPS) is 11.4. The highest BCUT2D eigenvalue weighted by atomic mass is 79.9. The molecule has 0 saturated heterocycles. The number of aromatic nitrogens is 1. The molecule has 0 bridgehead atoms. The van der Waals surface area contributed by atoms with Crippen molar-refractivity contribution < 1.29 is 13.9 Å². The number of aromatic hydroxyl groups is 1. The molecule has 0 aliphatic carbocycles. The Bertz CT molecular complexity index is 1710. The Hall–Kier alpha value is -2.88. The molecule has 170 valence electrons. The predicted octanol–water partition coefficient (Wildman–Crippen LogP) is 6.68. The minimum atomic E-state index is -0.755. The zero-order chi connectivity index (χ0) is 24.0. The smallest absolute Gasteiger partial charge is 0.354 e. The van der Waals surface area contributed by atoms with Crippen molar-refractivity contribution in [3.63, 3.8) is 0 Å². The third-order valence-corrected chi connectivity index (χ3v) is 7.88. The molecule has 0 atom stereocenters. The SMILES string of the molecule is O=c1oc2c(c(O)c1Sc1ccccc1Br)c(=O)n(Cc1cccc(F)c1)c1ccc(Br)cc21. The molecular weight excluding hydrogens is 589 g/mol. The standard InChI is InChI=1S/C25H14Br2FNO4S/c26-14-8-9-18-16(11-14)22-20(24(31)29(18)12-13-4-3-5-15(28)10-13)21(30)23(25(32)33-22)34-19-7-2-1-6-17(19)27/h1-11,30H,12H2. The van der Waals surface area contributed by atoms with Gasteiger partial charge in [-0.3, -0.25) is 4.79 Å². The molecule has 0 saturated carbocycles. The molecule has 1 N–H and O–H groups in total. The monoisotopic (exact) mass is 601 g/mol. The van der Waals surface area contributed by atoms with Crippen LogP contribution in [0.3, 0.4) is 0 Å². The van der Waals surface area contributed by atoms with Gasteiger partial charge in [0.25, 0.3) is 5.56 Å². The summed E-state index contributed by atoms with van der Waals surface area (Å²) in [5.74, 6) is -0.869. The van der Waals surface area contributed by atoms with Gasteiger partial charge in [-0.1, -0.05) is 52.0 Å². The van der Waals surface area contributed by atoms with Crippen LogP contribution in [-0.4, -0.2) is 9.67 Å². The van der Waals surface area contributed by atoms with Crippen LogP contribution in [0.5, 0.6) is 5.75 Å². The zero-order valence-corrected chi connectivity index (χ0v) is 21.2. The highest BCUT2D eigenvalue weighted by molar-refractivity contribution is 9.10. The summed E-state index contributed by atoms with van der Waals surface area (Å²) < 4.78 is 22.3. The quantitative estimate of drug-likeness (QED) is 0.232. The first-order valence-electron chi connectivity index (χ1n) is 10.0. The van der Waals surface area contributed by atoms with E-state index in [1.807, 2.05) is 6.07 Å². The molecule has 3 aromatic carbocycles. The molecule has 0 fully saturated rings. The number of benzene rings is 3. The van der Waals surface area contributed by atoms with Crippen LogP contribution in [0.2, 0.25) is 0 Å². The topological polar surface area (TPSA) is 72.4 Å². The second-order valence-corrected chi connectivity index (χ2v) is 10.3. The van der Waals surface area contributed by atoms with Crippen molar-refractivity contribution in [2.24, 2.45) is 0 Å². The molecule has 34 heavy (non-hydrogen) atoms. The van der Waals surface area contributed by atoms with Gasteiger partial charge in [0.15, 0.2) is 11.3 Å². The number of nitrogens with zero attached hydrogens (tertiary/aromatic N) is 1. The van der Waals surface area contributed by atoms with Crippen molar-refractivity contribution in [1.29, 1.82) is 0 Å². The van der Waals surface area contributed by atoms with E-state index in [9.17, 15) is 19.1 Å². The Labute approximate surface area is 213 Å². The number of rotatable bonds is 4. The lowest BCUT2D eigenvalue weighted by molar-refractivity contribution is 0.446. The minimum Gasteiger partial charge on any atom is -0.505 e. The first kappa shape index (κ1) is 22.9. The van der Waals surface area contributed by atoms with Crippen molar-refractivity contribution in [3.8, 4) is 5.75 Å². The van der Waals surface area contributed by atoms with Gasteiger partial charge in [-0.2, -0.15) is 0 Å². The minimum absolute atomic E-state index is 0.00392. The van der Waals surface area contributed by atoms with Crippen molar-refractivity contribution in [2.45, 2.75) is 16.3 Å². The largest absolute Gasteiger partial charge is 0.505 e. The molecule has 9 heteroatoms. The van der Waals surface area contributed by atoms with Gasteiger partial charge in [0.2, 0.25) is 0 Å². The third kappa shape index (κ3) is 4.08. The van der Waals surface area contributed by atoms with Crippen LogP contribution in [0.15, 0.2) is 99.5 Å². The number of pyridine rings is 1. The van der Waals surface area contributed by atoms with Gasteiger partial charge in [0, 0.05) is 19.2 Å². The second-order valence-electron chi connectivity index (χ2n) is 7.49. The fourth-order valence-electron chi connectivity index (χ4n) is 3.77. The molecule has 5 aromatic rings. The van der Waals surface area contributed by atoms with Crippen LogP contribution < -0.4 is 11.2 Å². The Kier molecular flexibility index (Phi) is 6.09. The van der Waals surface area contributed by atoms with Crippen molar-refractivity contribution >= 4 is 65.5 Å². The summed E-state index contributed by atoms with van der Waals surface area (Å²) in [6.45, 7) is 0.0654. The maximum atomic E-state index is 13.8. The van der Waals surface area contributed by atoms with Gasteiger partial charge in [-0.15, -0.1) is 0 Å².